The maximum atomic E-state index is 12.2. The van der Waals surface area contributed by atoms with Crippen molar-refractivity contribution >= 4 is 44.6 Å². The highest BCUT2D eigenvalue weighted by Gasteiger charge is 2.19. The summed E-state index contributed by atoms with van der Waals surface area (Å²) in [4.78, 5) is 16.0. The molecule has 3 aromatic rings. The van der Waals surface area contributed by atoms with E-state index in [1.807, 2.05) is 0 Å². The number of aromatic nitrogens is 4. The fourth-order valence-electron chi connectivity index (χ4n) is 1.93. The van der Waals surface area contributed by atoms with Crippen LogP contribution in [-0.2, 0) is 23.6 Å². The molecule has 136 valence electrons. The highest BCUT2D eigenvalue weighted by molar-refractivity contribution is 7.89. The number of hydrogen-bond acceptors (Lipinski definition) is 7. The molecule has 0 aliphatic rings. The van der Waals surface area contributed by atoms with Gasteiger partial charge in [-0.3, -0.25) is 4.79 Å². The number of anilines is 1. The molecule has 0 spiro atoms. The van der Waals surface area contributed by atoms with Crippen LogP contribution in [0.2, 0.25) is 5.02 Å². The Balaban J connectivity index is 1.63. The van der Waals surface area contributed by atoms with E-state index >= 15 is 0 Å². The van der Waals surface area contributed by atoms with Crippen LogP contribution in [0.3, 0.4) is 0 Å². The number of nitrogens with zero attached hydrogens (tertiary/aromatic N) is 4. The largest absolute Gasteiger partial charge is 0.339 e. The van der Waals surface area contributed by atoms with E-state index in [2.05, 4.69) is 25.2 Å². The SMILES string of the molecule is Cn1cnc(S(=O)(=O)NCc2nnc(C(=O)Nc3cccc(Cl)c3)s2)c1. The van der Waals surface area contributed by atoms with Crippen molar-refractivity contribution in [2.45, 2.75) is 11.6 Å². The van der Waals surface area contributed by atoms with Crippen molar-refractivity contribution in [1.29, 1.82) is 0 Å². The first-order chi connectivity index (χ1) is 12.3. The first kappa shape index (κ1) is 18.5. The minimum absolute atomic E-state index is 0.0940. The lowest BCUT2D eigenvalue weighted by atomic mass is 10.3. The standard InChI is InChI=1S/C14H13ClN6O3S2/c1-21-7-12(16-8-21)26(23,24)17-6-11-19-20-14(25-11)13(22)18-10-4-2-3-9(15)5-10/h2-5,7-8,17H,6H2,1H3,(H,18,22). The first-order valence-corrected chi connectivity index (χ1v) is 9.88. The number of imidazole rings is 1. The molecule has 3 rings (SSSR count). The molecule has 1 aromatic carbocycles. The van der Waals surface area contributed by atoms with Crippen LogP contribution in [0, 0.1) is 0 Å². The van der Waals surface area contributed by atoms with Gasteiger partial charge in [0, 0.05) is 24.0 Å². The van der Waals surface area contributed by atoms with Crippen LogP contribution in [0.4, 0.5) is 5.69 Å². The topological polar surface area (TPSA) is 119 Å². The van der Waals surface area contributed by atoms with Gasteiger partial charge in [0.05, 0.1) is 12.9 Å². The minimum atomic E-state index is -3.76. The number of carbonyl (C=O) groups excluding carboxylic acids is 1. The molecule has 0 saturated carbocycles. The number of amides is 1. The molecule has 0 saturated heterocycles. The first-order valence-electron chi connectivity index (χ1n) is 7.20. The number of hydrogen-bond donors (Lipinski definition) is 2. The van der Waals surface area contributed by atoms with Gasteiger partial charge in [0.2, 0.25) is 5.01 Å². The van der Waals surface area contributed by atoms with Gasteiger partial charge in [-0.1, -0.05) is 29.0 Å². The summed E-state index contributed by atoms with van der Waals surface area (Å²) >= 11 is 6.85. The number of rotatable bonds is 6. The molecule has 0 aliphatic carbocycles. The maximum Gasteiger partial charge on any atom is 0.286 e. The molecule has 1 amide bonds. The van der Waals surface area contributed by atoms with Gasteiger partial charge in [-0.25, -0.2) is 18.1 Å². The predicted octanol–water partition coefficient (Wildman–Crippen LogP) is 1.66. The van der Waals surface area contributed by atoms with Crippen molar-refractivity contribution in [2.75, 3.05) is 5.32 Å². The van der Waals surface area contributed by atoms with Gasteiger partial charge >= 0.3 is 0 Å². The fraction of sp³-hybridized carbons (Fsp3) is 0.143. The second kappa shape index (κ2) is 7.50. The lowest BCUT2D eigenvalue weighted by Crippen LogP contribution is -2.23. The zero-order chi connectivity index (χ0) is 18.7. The van der Waals surface area contributed by atoms with Gasteiger partial charge in [0.1, 0.15) is 5.01 Å². The Labute approximate surface area is 158 Å². The number of benzene rings is 1. The number of halogens is 1. The Morgan fingerprint density at radius 1 is 1.35 bits per heavy atom. The molecule has 0 unspecified atom stereocenters. The molecule has 2 heterocycles. The third-order valence-electron chi connectivity index (χ3n) is 3.11. The normalized spacial score (nSPS) is 11.5. The number of nitrogens with one attached hydrogen (secondary N) is 2. The van der Waals surface area contributed by atoms with Crippen LogP contribution in [0.25, 0.3) is 0 Å². The average molecular weight is 413 g/mol. The van der Waals surface area contributed by atoms with E-state index in [1.165, 1.54) is 17.1 Å². The molecule has 26 heavy (non-hydrogen) atoms. The number of sulfonamides is 1. The Kier molecular flexibility index (Phi) is 5.32. The minimum Gasteiger partial charge on any atom is -0.339 e. The van der Waals surface area contributed by atoms with Crippen molar-refractivity contribution in [3.63, 3.8) is 0 Å². The van der Waals surface area contributed by atoms with Crippen LogP contribution in [0.1, 0.15) is 14.8 Å². The molecule has 12 heteroatoms. The van der Waals surface area contributed by atoms with Crippen molar-refractivity contribution < 1.29 is 13.2 Å². The van der Waals surface area contributed by atoms with Gasteiger partial charge in [-0.2, -0.15) is 0 Å². The van der Waals surface area contributed by atoms with Gasteiger partial charge in [-0.05, 0) is 18.2 Å². The Bertz CT molecular complexity index is 1050. The monoisotopic (exact) mass is 412 g/mol. The highest BCUT2D eigenvalue weighted by atomic mass is 35.5. The van der Waals surface area contributed by atoms with Crippen molar-refractivity contribution in [1.82, 2.24) is 24.5 Å². The molecule has 0 aliphatic heterocycles. The van der Waals surface area contributed by atoms with Gasteiger partial charge in [0.25, 0.3) is 15.9 Å². The van der Waals surface area contributed by atoms with E-state index in [4.69, 9.17) is 11.6 Å². The third kappa shape index (κ3) is 4.43. The molecule has 9 nitrogen and oxygen atoms in total. The molecule has 0 bridgehead atoms. The molecule has 0 fully saturated rings. The van der Waals surface area contributed by atoms with Crippen molar-refractivity contribution in [3.8, 4) is 0 Å². The van der Waals surface area contributed by atoms with Gasteiger partial charge < -0.3 is 9.88 Å². The molecular formula is C14H13ClN6O3S2. The zero-order valence-corrected chi connectivity index (χ0v) is 15.8. The molecule has 0 atom stereocenters. The van der Waals surface area contributed by atoms with Gasteiger partial charge in [-0.15, -0.1) is 10.2 Å². The van der Waals surface area contributed by atoms with Crippen LogP contribution in [0.15, 0.2) is 41.8 Å². The summed E-state index contributed by atoms with van der Waals surface area (Å²) in [5.74, 6) is -0.455. The molecule has 2 N–H and O–H groups in total. The molecule has 2 aromatic heterocycles. The summed E-state index contributed by atoms with van der Waals surface area (Å²) in [5, 5.41) is 11.1. The Morgan fingerprint density at radius 3 is 2.85 bits per heavy atom. The van der Waals surface area contributed by atoms with E-state index in [-0.39, 0.29) is 16.6 Å². The van der Waals surface area contributed by atoms with E-state index in [0.717, 1.165) is 11.3 Å². The Morgan fingerprint density at radius 2 is 2.15 bits per heavy atom. The van der Waals surface area contributed by atoms with E-state index in [0.29, 0.717) is 15.7 Å². The van der Waals surface area contributed by atoms with E-state index < -0.39 is 15.9 Å². The predicted molar refractivity (Wildman–Crippen MR) is 96.5 cm³/mol. The summed E-state index contributed by atoms with van der Waals surface area (Å²) in [5.41, 5.74) is 0.523. The highest BCUT2D eigenvalue weighted by Crippen LogP contribution is 2.17. The Hall–Kier alpha value is -2.34. The lowest BCUT2D eigenvalue weighted by Gasteiger charge is -2.02. The maximum absolute atomic E-state index is 12.2. The number of carbonyl (C=O) groups is 1. The summed E-state index contributed by atoms with van der Waals surface area (Å²) in [6.45, 7) is -0.0962. The van der Waals surface area contributed by atoms with Crippen molar-refractivity contribution in [3.05, 3.63) is 51.8 Å². The third-order valence-corrected chi connectivity index (χ3v) is 5.56. The van der Waals surface area contributed by atoms with Crippen LogP contribution >= 0.6 is 22.9 Å². The van der Waals surface area contributed by atoms with E-state index in [9.17, 15) is 13.2 Å². The van der Waals surface area contributed by atoms with Crippen molar-refractivity contribution in [2.24, 2.45) is 7.05 Å². The smallest absolute Gasteiger partial charge is 0.286 e. The zero-order valence-electron chi connectivity index (χ0n) is 13.4. The second-order valence-electron chi connectivity index (χ2n) is 5.17. The van der Waals surface area contributed by atoms with Gasteiger partial charge in [0.15, 0.2) is 5.03 Å². The molecular weight excluding hydrogens is 400 g/mol. The lowest BCUT2D eigenvalue weighted by molar-refractivity contribution is 0.102. The van der Waals surface area contributed by atoms with Crippen LogP contribution < -0.4 is 10.0 Å². The van der Waals surface area contributed by atoms with E-state index in [1.54, 1.807) is 31.3 Å². The summed E-state index contributed by atoms with van der Waals surface area (Å²) < 4.78 is 28.1. The fourth-order valence-corrected chi connectivity index (χ4v) is 3.85. The second-order valence-corrected chi connectivity index (χ2v) is 8.38. The summed E-state index contributed by atoms with van der Waals surface area (Å²) in [6, 6.07) is 6.68. The summed E-state index contributed by atoms with van der Waals surface area (Å²) in [6.07, 6.45) is 2.77. The molecule has 0 radical (unpaired) electrons. The van der Waals surface area contributed by atoms with Crippen LogP contribution in [-0.4, -0.2) is 34.1 Å². The number of aryl methyl sites for hydroxylation is 1. The van der Waals surface area contributed by atoms with Crippen LogP contribution in [0.5, 0.6) is 0 Å². The summed E-state index contributed by atoms with van der Waals surface area (Å²) in [7, 11) is -2.09. The quantitative estimate of drug-likeness (QED) is 0.635. The average Bonchev–Trinajstić information content (AvgIpc) is 3.22.